The molecule has 1 amide bonds. The Morgan fingerprint density at radius 2 is 1.88 bits per heavy atom. The monoisotopic (exact) mass is 355 g/mol. The number of likely N-dealkylation sites (tertiary alicyclic amines) is 1. The number of piperidine rings is 2. The van der Waals surface area contributed by atoms with Crippen molar-refractivity contribution in [2.24, 2.45) is 17.3 Å². The van der Waals surface area contributed by atoms with Crippen LogP contribution in [-0.4, -0.2) is 55.5 Å². The van der Waals surface area contributed by atoms with Crippen molar-refractivity contribution >= 4 is 5.91 Å². The number of rotatable bonds is 5. The van der Waals surface area contributed by atoms with Gasteiger partial charge < -0.3 is 15.1 Å². The van der Waals surface area contributed by atoms with Crippen LogP contribution in [0.25, 0.3) is 0 Å². The zero-order chi connectivity index (χ0) is 18.0. The molecular formula is C22H33N3O. The van der Waals surface area contributed by atoms with Gasteiger partial charge in [-0.3, -0.25) is 4.79 Å². The van der Waals surface area contributed by atoms with Gasteiger partial charge in [0.05, 0.1) is 0 Å². The van der Waals surface area contributed by atoms with E-state index in [9.17, 15) is 4.79 Å². The normalized spacial score (nSPS) is 25.6. The van der Waals surface area contributed by atoms with Crippen LogP contribution >= 0.6 is 0 Å². The average Bonchev–Trinajstić information content (AvgIpc) is 3.36. The molecule has 3 fully saturated rings. The molecule has 0 aromatic heterocycles. The summed E-state index contributed by atoms with van der Waals surface area (Å²) in [6, 6.07) is 10.7. The molecule has 4 rings (SSSR count). The van der Waals surface area contributed by atoms with Crippen molar-refractivity contribution in [1.29, 1.82) is 0 Å². The molecule has 1 saturated carbocycles. The van der Waals surface area contributed by atoms with Crippen LogP contribution in [0.2, 0.25) is 0 Å². The van der Waals surface area contributed by atoms with E-state index in [0.29, 0.717) is 17.2 Å². The lowest BCUT2D eigenvalue weighted by atomic mass is 9.91. The second-order valence-electron chi connectivity index (χ2n) is 8.82. The summed E-state index contributed by atoms with van der Waals surface area (Å²) in [5.74, 6) is 1.52. The SMILES string of the molecule is CN(Cc1ccccc1)CC1CCN(C(=O)C2CC23CCNCC3)CC1. The van der Waals surface area contributed by atoms with Crippen LogP contribution in [0.15, 0.2) is 30.3 Å². The highest BCUT2D eigenvalue weighted by atomic mass is 16.2. The molecule has 1 atom stereocenters. The Bertz CT molecular complexity index is 603. The fraction of sp³-hybridized carbons (Fsp3) is 0.682. The molecule has 1 aromatic carbocycles. The number of hydrogen-bond donors (Lipinski definition) is 1. The van der Waals surface area contributed by atoms with Crippen molar-refractivity contribution < 1.29 is 4.79 Å². The summed E-state index contributed by atoms with van der Waals surface area (Å²) < 4.78 is 0. The van der Waals surface area contributed by atoms with Crippen LogP contribution in [0.5, 0.6) is 0 Å². The Hall–Kier alpha value is -1.39. The molecular weight excluding hydrogens is 322 g/mol. The Kier molecular flexibility index (Phi) is 5.32. The van der Waals surface area contributed by atoms with Gasteiger partial charge in [0.15, 0.2) is 0 Å². The summed E-state index contributed by atoms with van der Waals surface area (Å²) in [5, 5.41) is 3.43. The van der Waals surface area contributed by atoms with E-state index in [0.717, 1.165) is 64.4 Å². The van der Waals surface area contributed by atoms with Gasteiger partial charge in [-0.05, 0) is 69.1 Å². The van der Waals surface area contributed by atoms with Crippen LogP contribution in [0.4, 0.5) is 0 Å². The molecule has 142 valence electrons. The quantitative estimate of drug-likeness (QED) is 0.882. The zero-order valence-corrected chi connectivity index (χ0v) is 16.1. The van der Waals surface area contributed by atoms with Crippen molar-refractivity contribution in [2.75, 3.05) is 39.8 Å². The van der Waals surface area contributed by atoms with Crippen molar-refractivity contribution in [3.05, 3.63) is 35.9 Å². The lowest BCUT2D eigenvalue weighted by molar-refractivity contribution is -0.135. The van der Waals surface area contributed by atoms with Gasteiger partial charge in [-0.15, -0.1) is 0 Å². The summed E-state index contributed by atoms with van der Waals surface area (Å²) in [7, 11) is 2.22. The lowest BCUT2D eigenvalue weighted by Crippen LogP contribution is -2.43. The second-order valence-corrected chi connectivity index (χ2v) is 8.82. The van der Waals surface area contributed by atoms with E-state index < -0.39 is 0 Å². The molecule has 0 radical (unpaired) electrons. The van der Waals surface area contributed by atoms with Crippen LogP contribution in [0, 0.1) is 17.3 Å². The van der Waals surface area contributed by atoms with Crippen LogP contribution < -0.4 is 5.32 Å². The van der Waals surface area contributed by atoms with E-state index >= 15 is 0 Å². The first-order valence-corrected chi connectivity index (χ1v) is 10.4. The van der Waals surface area contributed by atoms with Crippen molar-refractivity contribution in [3.8, 4) is 0 Å². The number of hydrogen-bond acceptors (Lipinski definition) is 3. The highest BCUT2D eigenvalue weighted by Crippen LogP contribution is 2.59. The topological polar surface area (TPSA) is 35.6 Å². The fourth-order valence-corrected chi connectivity index (χ4v) is 5.13. The zero-order valence-electron chi connectivity index (χ0n) is 16.1. The number of amides is 1. The molecule has 3 aliphatic rings. The Labute approximate surface area is 157 Å². The maximum atomic E-state index is 12.9. The van der Waals surface area contributed by atoms with Gasteiger partial charge in [0, 0.05) is 32.1 Å². The van der Waals surface area contributed by atoms with Crippen molar-refractivity contribution in [2.45, 2.75) is 38.6 Å². The largest absolute Gasteiger partial charge is 0.342 e. The standard InChI is InChI=1S/C22H33N3O/c1-24(16-18-5-3-2-4-6-18)17-19-7-13-25(14-8-19)21(26)20-15-22(20)9-11-23-12-10-22/h2-6,19-20,23H,7-17H2,1H3. The molecule has 4 nitrogen and oxygen atoms in total. The molecule has 26 heavy (non-hydrogen) atoms. The molecule has 2 heterocycles. The third-order valence-electron chi connectivity index (χ3n) is 6.88. The second kappa shape index (κ2) is 7.69. The molecule has 1 aliphatic carbocycles. The van der Waals surface area contributed by atoms with E-state index in [-0.39, 0.29) is 0 Å². The summed E-state index contributed by atoms with van der Waals surface area (Å²) in [5.41, 5.74) is 1.75. The molecule has 2 aliphatic heterocycles. The molecule has 1 N–H and O–H groups in total. The maximum absolute atomic E-state index is 12.9. The Morgan fingerprint density at radius 1 is 1.19 bits per heavy atom. The van der Waals surface area contributed by atoms with E-state index in [4.69, 9.17) is 0 Å². The van der Waals surface area contributed by atoms with Gasteiger partial charge in [0.1, 0.15) is 0 Å². The van der Waals surface area contributed by atoms with E-state index in [1.165, 1.54) is 18.4 Å². The number of nitrogens with one attached hydrogen (secondary N) is 1. The van der Waals surface area contributed by atoms with E-state index in [1.807, 2.05) is 0 Å². The van der Waals surface area contributed by atoms with Gasteiger partial charge >= 0.3 is 0 Å². The number of carbonyl (C=O) groups excluding carboxylic acids is 1. The van der Waals surface area contributed by atoms with Crippen LogP contribution in [0.1, 0.15) is 37.7 Å². The predicted molar refractivity (Wildman–Crippen MR) is 105 cm³/mol. The van der Waals surface area contributed by atoms with Gasteiger partial charge in [-0.1, -0.05) is 30.3 Å². The molecule has 1 unspecified atom stereocenters. The third-order valence-corrected chi connectivity index (χ3v) is 6.88. The van der Waals surface area contributed by atoms with Crippen molar-refractivity contribution in [1.82, 2.24) is 15.1 Å². The Morgan fingerprint density at radius 3 is 2.58 bits per heavy atom. The first kappa shape index (κ1) is 18.0. The van der Waals surface area contributed by atoms with E-state index in [1.54, 1.807) is 0 Å². The minimum atomic E-state index is 0.335. The van der Waals surface area contributed by atoms with E-state index in [2.05, 4.69) is 52.5 Å². The highest BCUT2D eigenvalue weighted by Gasteiger charge is 2.58. The molecule has 2 saturated heterocycles. The third kappa shape index (κ3) is 3.96. The highest BCUT2D eigenvalue weighted by molar-refractivity contribution is 5.82. The fourth-order valence-electron chi connectivity index (χ4n) is 5.13. The first-order chi connectivity index (χ1) is 12.7. The summed E-state index contributed by atoms with van der Waals surface area (Å²) in [6.45, 7) is 6.27. The predicted octanol–water partition coefficient (Wildman–Crippen LogP) is 2.75. The van der Waals surface area contributed by atoms with Gasteiger partial charge in [-0.25, -0.2) is 0 Å². The molecule has 0 bridgehead atoms. The van der Waals surface area contributed by atoms with Crippen LogP contribution in [0.3, 0.4) is 0 Å². The number of carbonyl (C=O) groups is 1. The maximum Gasteiger partial charge on any atom is 0.226 e. The Balaban J connectivity index is 1.21. The number of benzene rings is 1. The average molecular weight is 356 g/mol. The molecule has 1 spiro atoms. The summed E-state index contributed by atoms with van der Waals surface area (Å²) >= 11 is 0. The minimum absolute atomic E-state index is 0.335. The van der Waals surface area contributed by atoms with Crippen LogP contribution in [-0.2, 0) is 11.3 Å². The van der Waals surface area contributed by atoms with Gasteiger partial charge in [0.25, 0.3) is 0 Å². The van der Waals surface area contributed by atoms with Crippen molar-refractivity contribution in [3.63, 3.8) is 0 Å². The first-order valence-electron chi connectivity index (χ1n) is 10.4. The molecule has 1 aromatic rings. The van der Waals surface area contributed by atoms with Gasteiger partial charge in [-0.2, -0.15) is 0 Å². The summed E-state index contributed by atoms with van der Waals surface area (Å²) in [6.07, 6.45) is 5.86. The van der Waals surface area contributed by atoms with Gasteiger partial charge in [0.2, 0.25) is 5.91 Å². The minimum Gasteiger partial charge on any atom is -0.342 e. The smallest absolute Gasteiger partial charge is 0.226 e. The summed E-state index contributed by atoms with van der Waals surface area (Å²) in [4.78, 5) is 17.5. The lowest BCUT2D eigenvalue weighted by Gasteiger charge is -2.35. The number of nitrogens with zero attached hydrogens (tertiary/aromatic N) is 2. The molecule has 4 heteroatoms.